The normalized spacial score (nSPS) is 12.7. The number of carbonyl (C=O) groups is 3. The van der Waals surface area contributed by atoms with E-state index >= 15 is 0 Å². The highest BCUT2D eigenvalue weighted by atomic mass is 19.1. The summed E-state index contributed by atoms with van der Waals surface area (Å²) in [5.41, 5.74) is 0.931. The van der Waals surface area contributed by atoms with Crippen molar-refractivity contribution in [1.82, 2.24) is 10.2 Å². The van der Waals surface area contributed by atoms with E-state index in [4.69, 9.17) is 9.47 Å². The zero-order valence-corrected chi connectivity index (χ0v) is 29.5. The Kier molecular flexibility index (Phi) is 13.0. The van der Waals surface area contributed by atoms with Crippen molar-refractivity contribution in [3.05, 3.63) is 130 Å². The first-order chi connectivity index (χ1) is 24.6. The van der Waals surface area contributed by atoms with Crippen LogP contribution in [0.15, 0.2) is 96.2 Å². The van der Waals surface area contributed by atoms with Gasteiger partial charge in [0.15, 0.2) is 0 Å². The molecule has 0 aliphatic carbocycles. The van der Waals surface area contributed by atoms with E-state index in [-0.39, 0.29) is 42.0 Å². The van der Waals surface area contributed by atoms with Crippen molar-refractivity contribution >= 4 is 29.3 Å². The Hall–Kier alpha value is -5.82. The predicted molar refractivity (Wildman–Crippen MR) is 192 cm³/mol. The second-order valence-corrected chi connectivity index (χ2v) is 13.1. The smallest absolute Gasteiger partial charge is 0.410 e. The second kappa shape index (κ2) is 17.4. The van der Waals surface area contributed by atoms with Crippen molar-refractivity contribution in [3.63, 3.8) is 0 Å². The van der Waals surface area contributed by atoms with Crippen molar-refractivity contribution in [1.29, 1.82) is 0 Å². The van der Waals surface area contributed by atoms with Crippen LogP contribution in [-0.2, 0) is 17.7 Å². The van der Waals surface area contributed by atoms with Crippen LogP contribution in [-0.4, -0.2) is 70.2 Å². The molecule has 0 spiro atoms. The molecule has 13 heteroatoms. The Morgan fingerprint density at radius 1 is 0.846 bits per heavy atom. The van der Waals surface area contributed by atoms with E-state index in [2.05, 4.69) is 15.8 Å². The Morgan fingerprint density at radius 2 is 1.52 bits per heavy atom. The predicted octanol–water partition coefficient (Wildman–Crippen LogP) is 6.56. The molecular weight excluding hydrogens is 674 g/mol. The van der Waals surface area contributed by atoms with E-state index < -0.39 is 47.3 Å². The van der Waals surface area contributed by atoms with Crippen LogP contribution in [0.3, 0.4) is 0 Å². The van der Waals surface area contributed by atoms with Gasteiger partial charge in [0.05, 0.1) is 31.5 Å². The van der Waals surface area contributed by atoms with Gasteiger partial charge in [0, 0.05) is 35.0 Å². The van der Waals surface area contributed by atoms with Crippen LogP contribution in [0.2, 0.25) is 0 Å². The number of methoxy groups -OCH3 is 1. The second-order valence-electron chi connectivity index (χ2n) is 13.1. The highest BCUT2D eigenvalue weighted by molar-refractivity contribution is 6.07. The van der Waals surface area contributed by atoms with E-state index in [0.29, 0.717) is 28.5 Å². The number of ether oxygens (including phenoxy) is 2. The number of nitrogens with one attached hydrogen (secondary N) is 2. The van der Waals surface area contributed by atoms with Gasteiger partial charge in [0.2, 0.25) is 0 Å². The van der Waals surface area contributed by atoms with Gasteiger partial charge in [0.1, 0.15) is 23.0 Å². The fraction of sp³-hybridized carbons (Fsp3) is 0.282. The van der Waals surface area contributed by atoms with Gasteiger partial charge in [0.25, 0.3) is 11.8 Å². The lowest BCUT2D eigenvalue weighted by molar-refractivity contribution is 0.00836. The first kappa shape index (κ1) is 39.0. The molecule has 0 aliphatic rings. The number of benzene rings is 4. The Labute approximate surface area is 300 Å². The summed E-state index contributed by atoms with van der Waals surface area (Å²) in [6.45, 7) is 6.22. The number of oxime groups is 1. The van der Waals surface area contributed by atoms with Gasteiger partial charge >= 0.3 is 6.09 Å². The van der Waals surface area contributed by atoms with Crippen molar-refractivity contribution in [2.45, 2.75) is 58.4 Å². The lowest BCUT2D eigenvalue weighted by atomic mass is 9.99. The fourth-order valence-electron chi connectivity index (χ4n) is 5.28. The van der Waals surface area contributed by atoms with Gasteiger partial charge in [-0.15, -0.1) is 0 Å². The van der Waals surface area contributed by atoms with E-state index in [1.165, 1.54) is 37.1 Å². The summed E-state index contributed by atoms with van der Waals surface area (Å²) >= 11 is 0. The average Bonchev–Trinajstić information content (AvgIpc) is 3.09. The molecule has 2 atom stereocenters. The lowest BCUT2D eigenvalue weighted by Gasteiger charge is -2.32. The van der Waals surface area contributed by atoms with Crippen LogP contribution in [0, 0.1) is 11.6 Å². The average molecular weight is 717 g/mol. The third-order valence-electron chi connectivity index (χ3n) is 7.78. The molecule has 3 amide bonds. The number of amides is 3. The molecule has 0 radical (unpaired) electrons. The molecule has 0 heterocycles. The maximum absolute atomic E-state index is 14.3. The highest BCUT2D eigenvalue weighted by Crippen LogP contribution is 2.21. The largest absolute Gasteiger partial charge is 0.497 e. The molecule has 4 N–H and O–H groups in total. The number of hydrogen-bond acceptors (Lipinski definition) is 8. The zero-order chi connectivity index (χ0) is 38.0. The minimum atomic E-state index is -1.49. The molecule has 0 unspecified atom stereocenters. The summed E-state index contributed by atoms with van der Waals surface area (Å²) in [7, 11) is 1.50. The van der Waals surface area contributed by atoms with E-state index in [9.17, 15) is 33.5 Å². The number of aliphatic hydroxyl groups is 1. The molecule has 0 bridgehead atoms. The minimum Gasteiger partial charge on any atom is -0.497 e. The molecule has 11 nitrogen and oxygen atoms in total. The molecule has 4 rings (SSSR count). The van der Waals surface area contributed by atoms with E-state index in [1.807, 2.05) is 0 Å². The molecule has 0 aromatic heterocycles. The number of aliphatic hydroxyl groups excluding tert-OH is 1. The van der Waals surface area contributed by atoms with Gasteiger partial charge < -0.3 is 35.3 Å². The first-order valence-electron chi connectivity index (χ1n) is 16.4. The van der Waals surface area contributed by atoms with Crippen LogP contribution < -0.4 is 15.4 Å². The number of rotatable bonds is 13. The molecule has 274 valence electrons. The van der Waals surface area contributed by atoms with Crippen LogP contribution in [0.1, 0.15) is 65.1 Å². The van der Waals surface area contributed by atoms with Gasteiger partial charge in [-0.25, -0.2) is 13.6 Å². The summed E-state index contributed by atoms with van der Waals surface area (Å²) in [5.74, 6) is -2.35. The van der Waals surface area contributed by atoms with Gasteiger partial charge in [-0.2, -0.15) is 0 Å². The summed E-state index contributed by atoms with van der Waals surface area (Å²) < 4.78 is 39.5. The van der Waals surface area contributed by atoms with Crippen LogP contribution in [0.4, 0.5) is 19.3 Å². The SMILES string of the molecule is COc1cccc(CN(C[C@@H](O)[C@H](Cc2cc(F)cc(F)c2)NC(=O)c2cc(NC(=O)c3ccccc3)cc(C(C)=NO)c2)C(=O)OC(C)(C)C)c1. The number of anilines is 1. The highest BCUT2D eigenvalue weighted by Gasteiger charge is 2.30. The van der Waals surface area contributed by atoms with Crippen molar-refractivity contribution in [2.75, 3.05) is 19.0 Å². The van der Waals surface area contributed by atoms with Gasteiger partial charge in [-0.3, -0.25) is 9.59 Å². The monoisotopic (exact) mass is 716 g/mol. The number of halogens is 2. The molecular formula is C39H42F2N4O7. The molecule has 0 saturated carbocycles. The Bertz CT molecular complexity index is 1890. The number of hydrogen-bond donors (Lipinski definition) is 4. The fourth-order valence-corrected chi connectivity index (χ4v) is 5.28. The summed E-state index contributed by atoms with van der Waals surface area (Å²) in [6.07, 6.45) is -2.48. The first-order valence-corrected chi connectivity index (χ1v) is 16.4. The Morgan fingerprint density at radius 3 is 2.15 bits per heavy atom. The molecule has 0 fully saturated rings. The van der Waals surface area contributed by atoms with Crippen molar-refractivity contribution in [2.24, 2.45) is 5.16 Å². The third kappa shape index (κ3) is 11.4. The quantitative estimate of drug-likeness (QED) is 0.0695. The van der Waals surface area contributed by atoms with Crippen LogP contribution in [0.5, 0.6) is 5.75 Å². The standard InChI is InChI=1S/C39H42F2N4O7/c1-24(44-50)28-18-29(20-32(19-28)42-36(47)27-11-7-6-8-12-27)37(48)43-34(17-26-14-30(40)21-31(41)15-26)35(46)23-45(38(49)52-39(2,3)4)22-25-10-9-13-33(16-25)51-5/h6-16,18-21,34-35,46,50H,17,22-23H2,1-5H3,(H,42,47)(H,43,48)/t34-,35+/m0/s1. The topological polar surface area (TPSA) is 150 Å². The van der Waals surface area contributed by atoms with Crippen molar-refractivity contribution < 1.29 is 43.0 Å². The Balaban J connectivity index is 1.68. The zero-order valence-electron chi connectivity index (χ0n) is 29.5. The number of nitrogens with zero attached hydrogens (tertiary/aromatic N) is 2. The summed E-state index contributed by atoms with van der Waals surface area (Å²) in [4.78, 5) is 41.6. The molecule has 4 aromatic rings. The summed E-state index contributed by atoms with van der Waals surface area (Å²) in [6, 6.07) is 21.3. The van der Waals surface area contributed by atoms with Crippen molar-refractivity contribution in [3.8, 4) is 5.75 Å². The van der Waals surface area contributed by atoms with E-state index in [1.54, 1.807) is 75.4 Å². The van der Waals surface area contributed by atoms with Crippen LogP contribution in [0.25, 0.3) is 0 Å². The minimum absolute atomic E-state index is 0.00636. The van der Waals surface area contributed by atoms with Crippen LogP contribution >= 0.6 is 0 Å². The maximum Gasteiger partial charge on any atom is 0.410 e. The molecule has 0 saturated heterocycles. The van der Waals surface area contributed by atoms with Gasteiger partial charge in [-0.05, 0) is 99.8 Å². The number of carbonyl (C=O) groups excluding carboxylic acids is 3. The van der Waals surface area contributed by atoms with E-state index in [0.717, 1.165) is 12.1 Å². The maximum atomic E-state index is 14.3. The van der Waals surface area contributed by atoms with Gasteiger partial charge in [-0.1, -0.05) is 35.5 Å². The third-order valence-corrected chi connectivity index (χ3v) is 7.78. The molecule has 4 aromatic carbocycles. The summed E-state index contributed by atoms with van der Waals surface area (Å²) in [5, 5.41) is 29.9. The molecule has 0 aliphatic heterocycles. The molecule has 52 heavy (non-hydrogen) atoms. The lowest BCUT2D eigenvalue weighted by Crippen LogP contribution is -2.51.